The van der Waals surface area contributed by atoms with Crippen molar-refractivity contribution in [2.45, 2.75) is 104 Å². The summed E-state index contributed by atoms with van der Waals surface area (Å²) in [7, 11) is 0. The molecule has 0 unspecified atom stereocenters. The van der Waals surface area contributed by atoms with E-state index in [9.17, 15) is 4.79 Å². The maximum absolute atomic E-state index is 12.5. The number of hydrogen-bond donors (Lipinski definition) is 1. The van der Waals surface area contributed by atoms with Crippen LogP contribution in [0.15, 0.2) is 11.6 Å². The van der Waals surface area contributed by atoms with Crippen LogP contribution in [-0.4, -0.2) is 31.5 Å². The molecular weight excluding hydrogens is 362 g/mol. The van der Waals surface area contributed by atoms with Gasteiger partial charge in [0.05, 0.1) is 12.7 Å². The molecule has 0 radical (unpaired) electrons. The molecule has 1 aliphatic heterocycles. The molecule has 0 aromatic rings. The van der Waals surface area contributed by atoms with Crippen molar-refractivity contribution in [3.05, 3.63) is 11.6 Å². The van der Waals surface area contributed by atoms with Gasteiger partial charge in [0, 0.05) is 17.4 Å². The van der Waals surface area contributed by atoms with Crippen LogP contribution in [0.3, 0.4) is 0 Å². The van der Waals surface area contributed by atoms with E-state index in [1.807, 2.05) is 0 Å². The number of hydrogen-bond acceptors (Lipinski definition) is 3. The topological polar surface area (TPSA) is 47.6 Å². The van der Waals surface area contributed by atoms with Crippen molar-refractivity contribution in [2.24, 2.45) is 23.2 Å². The van der Waals surface area contributed by atoms with Crippen molar-refractivity contribution in [1.29, 1.82) is 0 Å². The lowest BCUT2D eigenvalue weighted by Gasteiger charge is -2.55. The van der Waals surface area contributed by atoms with E-state index in [2.05, 4.69) is 39.1 Å². The number of alkyl carbamates (subject to hydrolysis) is 1. The van der Waals surface area contributed by atoms with Crippen LogP contribution in [-0.2, 0) is 9.47 Å². The Morgan fingerprint density at radius 3 is 2.69 bits per heavy atom. The van der Waals surface area contributed by atoms with Crippen molar-refractivity contribution in [1.82, 2.24) is 5.32 Å². The normalized spacial score (nSPS) is 35.1. The van der Waals surface area contributed by atoms with Gasteiger partial charge in [-0.2, -0.15) is 0 Å². The molecule has 1 saturated carbocycles. The molecule has 0 aromatic carbocycles. The van der Waals surface area contributed by atoms with Crippen molar-refractivity contribution >= 4 is 6.09 Å². The summed E-state index contributed by atoms with van der Waals surface area (Å²) in [4.78, 5) is 12.5. The second-order valence-corrected chi connectivity index (χ2v) is 10.0. The third-order valence-corrected chi connectivity index (χ3v) is 8.10. The third kappa shape index (κ3) is 5.18. The molecule has 2 fully saturated rings. The number of allylic oxidation sites excluding steroid dienone is 1. The molecule has 3 aliphatic rings. The van der Waals surface area contributed by atoms with Gasteiger partial charge >= 0.3 is 6.09 Å². The summed E-state index contributed by atoms with van der Waals surface area (Å²) in [6.45, 7) is 10.3. The maximum Gasteiger partial charge on any atom is 0.407 e. The van der Waals surface area contributed by atoms with Gasteiger partial charge in [0.1, 0.15) is 6.61 Å². The molecule has 166 valence electrons. The molecule has 4 nitrogen and oxygen atoms in total. The van der Waals surface area contributed by atoms with E-state index in [0.29, 0.717) is 43.1 Å². The summed E-state index contributed by atoms with van der Waals surface area (Å²) in [5.41, 5.74) is 1.36. The van der Waals surface area contributed by atoms with Crippen LogP contribution >= 0.6 is 0 Å². The molecule has 1 N–H and O–H groups in total. The fourth-order valence-corrected chi connectivity index (χ4v) is 6.08. The first kappa shape index (κ1) is 22.7. The van der Waals surface area contributed by atoms with Gasteiger partial charge in [-0.1, -0.05) is 77.4 Å². The van der Waals surface area contributed by atoms with Crippen LogP contribution in [0, 0.1) is 23.2 Å². The van der Waals surface area contributed by atoms with Crippen molar-refractivity contribution < 1.29 is 14.3 Å². The van der Waals surface area contributed by atoms with Crippen molar-refractivity contribution in [3.63, 3.8) is 0 Å². The molecule has 0 spiro atoms. The Balaban J connectivity index is 1.60. The standard InChI is InChI=1S/C25H43NO3/c1-5-6-7-11-14-22-23-18(2)15-19(3)25(16-28-22,20(23)4)17-29-24(27)26-21-12-9-8-10-13-21/h15,19-23H,5-14,16-17H2,1-4H3,(H,26,27)/t19-,20+,22-,23+,25-/m1/s1. The number of carbonyl (C=O) groups is 1. The lowest BCUT2D eigenvalue weighted by molar-refractivity contribution is -0.165. The van der Waals surface area contributed by atoms with Gasteiger partial charge in [0.25, 0.3) is 0 Å². The Morgan fingerprint density at radius 1 is 1.21 bits per heavy atom. The van der Waals surface area contributed by atoms with E-state index in [-0.39, 0.29) is 11.5 Å². The zero-order valence-corrected chi connectivity index (χ0v) is 19.2. The van der Waals surface area contributed by atoms with E-state index >= 15 is 0 Å². The van der Waals surface area contributed by atoms with E-state index in [4.69, 9.17) is 9.47 Å². The molecule has 4 heteroatoms. The summed E-state index contributed by atoms with van der Waals surface area (Å²) in [5, 5.41) is 3.10. The maximum atomic E-state index is 12.5. The fourth-order valence-electron chi connectivity index (χ4n) is 6.08. The van der Waals surface area contributed by atoms with Crippen molar-refractivity contribution in [2.75, 3.05) is 13.2 Å². The summed E-state index contributed by atoms with van der Waals surface area (Å²) in [5.74, 6) is 1.28. The molecule has 1 heterocycles. The van der Waals surface area contributed by atoms with Crippen LogP contribution in [0.25, 0.3) is 0 Å². The molecule has 1 saturated heterocycles. The molecule has 2 bridgehead atoms. The second-order valence-electron chi connectivity index (χ2n) is 10.0. The number of unbranched alkanes of at least 4 members (excludes halogenated alkanes) is 3. The van der Waals surface area contributed by atoms with Gasteiger partial charge in [-0.25, -0.2) is 4.79 Å². The van der Waals surface area contributed by atoms with Crippen LogP contribution in [0.2, 0.25) is 0 Å². The first-order chi connectivity index (χ1) is 14.0. The Hall–Kier alpha value is -1.03. The van der Waals surface area contributed by atoms with Crippen LogP contribution in [0.5, 0.6) is 0 Å². The predicted molar refractivity (Wildman–Crippen MR) is 118 cm³/mol. The van der Waals surface area contributed by atoms with Crippen molar-refractivity contribution in [3.8, 4) is 0 Å². The lowest BCUT2D eigenvalue weighted by atomic mass is 9.56. The zero-order valence-electron chi connectivity index (χ0n) is 19.2. The number of carbonyl (C=O) groups excluding carboxylic acids is 1. The second kappa shape index (κ2) is 10.3. The summed E-state index contributed by atoms with van der Waals surface area (Å²) in [6.07, 6.45) is 14.6. The minimum atomic E-state index is -0.241. The van der Waals surface area contributed by atoms with E-state index in [1.165, 1.54) is 50.5 Å². The Bertz CT molecular complexity index is 568. The summed E-state index contributed by atoms with van der Waals surface area (Å²) >= 11 is 0. The smallest absolute Gasteiger partial charge is 0.407 e. The average molecular weight is 406 g/mol. The average Bonchev–Trinajstić information content (AvgIpc) is 2.70. The highest BCUT2D eigenvalue weighted by atomic mass is 16.6. The predicted octanol–water partition coefficient (Wildman–Crippen LogP) is 6.25. The number of rotatable bonds is 8. The fraction of sp³-hybridized carbons (Fsp3) is 0.880. The molecule has 3 rings (SSSR count). The van der Waals surface area contributed by atoms with Gasteiger partial charge in [0.15, 0.2) is 0 Å². The molecule has 1 amide bonds. The van der Waals surface area contributed by atoms with E-state index in [0.717, 1.165) is 19.3 Å². The Morgan fingerprint density at radius 2 is 1.97 bits per heavy atom. The molecule has 2 aliphatic carbocycles. The Labute approximate surface area is 178 Å². The highest BCUT2D eigenvalue weighted by Crippen LogP contribution is 2.53. The summed E-state index contributed by atoms with van der Waals surface area (Å²) in [6, 6.07) is 0.292. The van der Waals surface area contributed by atoms with Gasteiger partial charge in [-0.3, -0.25) is 0 Å². The van der Waals surface area contributed by atoms with Gasteiger partial charge in [0.2, 0.25) is 0 Å². The van der Waals surface area contributed by atoms with E-state index < -0.39 is 0 Å². The zero-order chi connectivity index (χ0) is 20.9. The number of amides is 1. The van der Waals surface area contributed by atoms with Crippen LogP contribution < -0.4 is 5.32 Å². The molecule has 29 heavy (non-hydrogen) atoms. The van der Waals surface area contributed by atoms with Crippen LogP contribution in [0.1, 0.15) is 91.9 Å². The first-order valence-electron chi connectivity index (χ1n) is 12.2. The lowest BCUT2D eigenvalue weighted by Crippen LogP contribution is -2.57. The quantitative estimate of drug-likeness (QED) is 0.383. The minimum Gasteiger partial charge on any atom is -0.449 e. The molecule has 0 aromatic heterocycles. The third-order valence-electron chi connectivity index (χ3n) is 8.10. The SMILES string of the molecule is CCCCCC[C@H]1OC[C@@]2(COC(=O)NC3CCCCC3)[C@H](C)C=C(C)[C@H]1[C@@H]2C. The largest absolute Gasteiger partial charge is 0.449 e. The van der Waals surface area contributed by atoms with E-state index in [1.54, 1.807) is 0 Å². The summed E-state index contributed by atoms with van der Waals surface area (Å²) < 4.78 is 12.3. The first-order valence-corrected chi connectivity index (χ1v) is 12.2. The molecule has 5 atom stereocenters. The highest BCUT2D eigenvalue weighted by Gasteiger charge is 2.54. The Kier molecular flexibility index (Phi) is 8.07. The number of ether oxygens (including phenoxy) is 2. The molecular formula is C25H43NO3. The van der Waals surface area contributed by atoms with Gasteiger partial charge < -0.3 is 14.8 Å². The monoisotopic (exact) mass is 405 g/mol. The minimum absolute atomic E-state index is 0.103. The highest BCUT2D eigenvalue weighted by molar-refractivity contribution is 5.67. The number of fused-ring (bicyclic) bond motifs is 2. The van der Waals surface area contributed by atoms with Crippen LogP contribution in [0.4, 0.5) is 4.79 Å². The van der Waals surface area contributed by atoms with Gasteiger partial charge in [-0.15, -0.1) is 0 Å². The number of nitrogens with one attached hydrogen (secondary N) is 1. The van der Waals surface area contributed by atoms with Gasteiger partial charge in [-0.05, 0) is 38.0 Å².